The molecule has 290 valence electrons. The number of allylic oxidation sites excluding steroid dienone is 8. The molecular formula is C53H62ClN2+. The van der Waals surface area contributed by atoms with Gasteiger partial charge in [-0.2, -0.15) is 4.58 Å². The van der Waals surface area contributed by atoms with Gasteiger partial charge in [0.1, 0.15) is 6.54 Å². The number of halogens is 1. The van der Waals surface area contributed by atoms with E-state index in [1.54, 1.807) is 11.1 Å². The fourth-order valence-electron chi connectivity index (χ4n) is 11.5. The highest BCUT2D eigenvalue weighted by Crippen LogP contribution is 2.58. The minimum Gasteiger partial charge on any atom is -0.344 e. The Balaban J connectivity index is 1.11. The molecule has 0 aromatic heterocycles. The Morgan fingerprint density at radius 3 is 1.96 bits per heavy atom. The molecular weight excluding hydrogens is 700 g/mol. The predicted molar refractivity (Wildman–Crippen MR) is 241 cm³/mol. The lowest BCUT2D eigenvalue weighted by Gasteiger charge is -2.37. The summed E-state index contributed by atoms with van der Waals surface area (Å²) in [6, 6.07) is 27.8. The molecule has 4 aromatic rings. The molecule has 0 unspecified atom stereocenters. The number of fused-ring (bicyclic) bond motifs is 8. The first-order valence-electron chi connectivity index (χ1n) is 22.3. The highest BCUT2D eigenvalue weighted by Gasteiger charge is 2.52. The first kappa shape index (κ1) is 37.7. The molecule has 0 atom stereocenters. The highest BCUT2D eigenvalue weighted by molar-refractivity contribution is 6.33. The maximum atomic E-state index is 7.48. The molecule has 0 radical (unpaired) electrons. The van der Waals surface area contributed by atoms with Crippen LogP contribution in [0.25, 0.3) is 21.5 Å². The van der Waals surface area contributed by atoms with Crippen molar-refractivity contribution in [3.63, 3.8) is 0 Å². The van der Waals surface area contributed by atoms with Gasteiger partial charge in [-0.05, 0) is 113 Å². The molecule has 2 fully saturated rings. The summed E-state index contributed by atoms with van der Waals surface area (Å²) in [7, 11) is 0. The molecule has 56 heavy (non-hydrogen) atoms. The molecule has 2 spiro atoms. The van der Waals surface area contributed by atoms with E-state index in [9.17, 15) is 0 Å². The van der Waals surface area contributed by atoms with Crippen molar-refractivity contribution in [1.29, 1.82) is 0 Å². The lowest BCUT2D eigenvalue weighted by atomic mass is 9.66. The first-order chi connectivity index (χ1) is 27.3. The van der Waals surface area contributed by atoms with Crippen LogP contribution in [-0.4, -0.2) is 23.4 Å². The summed E-state index contributed by atoms with van der Waals surface area (Å²) in [6.45, 7) is 11.6. The molecule has 0 amide bonds. The largest absolute Gasteiger partial charge is 0.344 e. The van der Waals surface area contributed by atoms with Crippen LogP contribution < -0.4 is 4.90 Å². The molecule has 3 aliphatic carbocycles. The van der Waals surface area contributed by atoms with E-state index in [0.717, 1.165) is 31.0 Å². The predicted octanol–water partition coefficient (Wildman–Crippen LogP) is 14.8. The van der Waals surface area contributed by atoms with Gasteiger partial charge in [-0.15, -0.1) is 0 Å². The highest BCUT2D eigenvalue weighted by atomic mass is 35.5. The Morgan fingerprint density at radius 1 is 0.661 bits per heavy atom. The zero-order valence-electron chi connectivity index (χ0n) is 34.5. The van der Waals surface area contributed by atoms with Gasteiger partial charge in [0.15, 0.2) is 5.71 Å². The van der Waals surface area contributed by atoms with Gasteiger partial charge in [0.05, 0.1) is 5.41 Å². The molecule has 2 saturated carbocycles. The van der Waals surface area contributed by atoms with Crippen LogP contribution in [0.3, 0.4) is 0 Å². The smallest absolute Gasteiger partial charge is 0.210 e. The van der Waals surface area contributed by atoms with E-state index in [1.807, 2.05) is 0 Å². The lowest BCUT2D eigenvalue weighted by molar-refractivity contribution is -0.439. The van der Waals surface area contributed by atoms with Crippen molar-refractivity contribution in [1.82, 2.24) is 0 Å². The summed E-state index contributed by atoms with van der Waals surface area (Å²) in [5.41, 5.74) is 11.8. The number of hydrogen-bond donors (Lipinski definition) is 0. The summed E-state index contributed by atoms with van der Waals surface area (Å²) >= 11 is 7.48. The van der Waals surface area contributed by atoms with Gasteiger partial charge < -0.3 is 4.90 Å². The summed E-state index contributed by atoms with van der Waals surface area (Å²) in [5.74, 6) is 1.31. The lowest BCUT2D eigenvalue weighted by Crippen LogP contribution is -2.37. The third kappa shape index (κ3) is 6.43. The average molecular weight is 763 g/mol. The molecule has 9 rings (SSSR count). The van der Waals surface area contributed by atoms with Crippen molar-refractivity contribution in [2.45, 2.75) is 128 Å². The SMILES string of the molecule is CC(C)CCN1C(=CC=C2CCC(C=CC3=[N+](CCC(C)C)c4ccc5ccccc5c4C34CCCCC4)=C2Cl)C2(CCCCC2)c2c1ccc1ccccc21. The molecule has 0 N–H and O–H groups in total. The first-order valence-corrected chi connectivity index (χ1v) is 22.6. The fraction of sp³-hybridized carbons (Fsp3) is 0.453. The van der Waals surface area contributed by atoms with Crippen molar-refractivity contribution in [3.8, 4) is 0 Å². The molecule has 0 bridgehead atoms. The Bertz CT molecular complexity index is 2300. The third-order valence-electron chi connectivity index (χ3n) is 14.3. The van der Waals surface area contributed by atoms with Crippen LogP contribution in [-0.2, 0) is 10.8 Å². The zero-order chi connectivity index (χ0) is 38.4. The molecule has 0 saturated heterocycles. The number of benzene rings is 4. The summed E-state index contributed by atoms with van der Waals surface area (Å²) in [4.78, 5) is 2.71. The quantitative estimate of drug-likeness (QED) is 0.154. The molecule has 3 heteroatoms. The van der Waals surface area contributed by atoms with Crippen molar-refractivity contribution in [2.75, 3.05) is 18.0 Å². The van der Waals surface area contributed by atoms with Crippen LogP contribution in [0, 0.1) is 11.8 Å². The molecule has 2 heterocycles. The minimum atomic E-state index is 0.0616. The number of anilines is 1. The fourth-order valence-corrected chi connectivity index (χ4v) is 11.8. The van der Waals surface area contributed by atoms with Crippen LogP contribution in [0.4, 0.5) is 11.4 Å². The molecule has 2 aliphatic heterocycles. The van der Waals surface area contributed by atoms with Crippen molar-refractivity contribution < 1.29 is 4.58 Å². The zero-order valence-corrected chi connectivity index (χ0v) is 35.2. The van der Waals surface area contributed by atoms with Crippen molar-refractivity contribution in [2.24, 2.45) is 11.8 Å². The Kier molecular flexibility index (Phi) is 10.4. The number of hydrogen-bond acceptors (Lipinski definition) is 1. The summed E-state index contributed by atoms with van der Waals surface area (Å²) in [6.07, 6.45) is 27.0. The van der Waals surface area contributed by atoms with Crippen molar-refractivity contribution in [3.05, 3.63) is 130 Å². The van der Waals surface area contributed by atoms with Gasteiger partial charge in [0.25, 0.3) is 0 Å². The second-order valence-corrected chi connectivity index (χ2v) is 19.0. The van der Waals surface area contributed by atoms with Gasteiger partial charge in [0, 0.05) is 52.5 Å². The standard InChI is InChI=1S/C53H62ClN2/c1-37(2)29-35-55-45-25-21-39-15-7-9-17-43(39)49(45)52(31-11-5-12-32-52)47(55)27-23-41-19-20-42(51(41)54)24-28-48-53(33-13-6-14-34-53)50-44-18-10-8-16-40(44)22-26-46(50)56(48)36-30-38(3)4/h7-10,15-18,21-28,37-38H,5-6,11-14,19-20,29-36H2,1-4H3/q+1. The second-order valence-electron chi connectivity index (χ2n) is 18.6. The van der Waals surface area contributed by atoms with Gasteiger partial charge in [0.2, 0.25) is 5.69 Å². The van der Waals surface area contributed by atoms with Crippen LogP contribution >= 0.6 is 11.6 Å². The Morgan fingerprint density at radius 2 is 1.29 bits per heavy atom. The normalized spacial score (nSPS) is 21.9. The number of rotatable bonds is 9. The number of nitrogens with zero attached hydrogens (tertiary/aromatic N) is 2. The van der Waals surface area contributed by atoms with Crippen LogP contribution in [0.15, 0.2) is 119 Å². The van der Waals surface area contributed by atoms with Gasteiger partial charge in [-0.1, -0.05) is 145 Å². The van der Waals surface area contributed by atoms with Gasteiger partial charge in [-0.25, -0.2) is 0 Å². The Labute approximate surface area is 341 Å². The van der Waals surface area contributed by atoms with E-state index in [2.05, 4.69) is 134 Å². The van der Waals surface area contributed by atoms with Crippen molar-refractivity contribution >= 4 is 50.2 Å². The summed E-state index contributed by atoms with van der Waals surface area (Å²) < 4.78 is 2.71. The van der Waals surface area contributed by atoms with Crippen LogP contribution in [0.5, 0.6) is 0 Å². The van der Waals surface area contributed by atoms with E-state index >= 15 is 0 Å². The molecule has 4 aromatic carbocycles. The monoisotopic (exact) mass is 761 g/mol. The topological polar surface area (TPSA) is 6.25 Å². The maximum Gasteiger partial charge on any atom is 0.210 e. The van der Waals surface area contributed by atoms with Gasteiger partial charge in [-0.3, -0.25) is 0 Å². The van der Waals surface area contributed by atoms with E-state index in [4.69, 9.17) is 11.6 Å². The van der Waals surface area contributed by atoms with Crippen LogP contribution in [0.2, 0.25) is 0 Å². The van der Waals surface area contributed by atoms with E-state index in [-0.39, 0.29) is 10.8 Å². The second kappa shape index (κ2) is 15.5. The Hall–Kier alpha value is -3.88. The minimum absolute atomic E-state index is 0.0616. The summed E-state index contributed by atoms with van der Waals surface area (Å²) in [5, 5.41) is 6.60. The molecule has 5 aliphatic rings. The average Bonchev–Trinajstić information content (AvgIpc) is 3.79. The maximum absolute atomic E-state index is 7.48. The van der Waals surface area contributed by atoms with E-state index < -0.39 is 0 Å². The van der Waals surface area contributed by atoms with E-state index in [1.165, 1.54) is 133 Å². The molecule has 2 nitrogen and oxygen atoms in total. The van der Waals surface area contributed by atoms with E-state index in [0.29, 0.717) is 11.8 Å². The third-order valence-corrected chi connectivity index (χ3v) is 14.8. The van der Waals surface area contributed by atoms with Crippen LogP contribution in [0.1, 0.15) is 129 Å². The van der Waals surface area contributed by atoms with Gasteiger partial charge >= 0.3 is 0 Å².